The summed E-state index contributed by atoms with van der Waals surface area (Å²) in [6.07, 6.45) is 0.632. The van der Waals surface area contributed by atoms with Gasteiger partial charge in [0.25, 0.3) is 0 Å². The van der Waals surface area contributed by atoms with Crippen molar-refractivity contribution in [3.63, 3.8) is 0 Å². The number of amides is 1. The summed E-state index contributed by atoms with van der Waals surface area (Å²) in [5, 5.41) is 7.21. The molecule has 2 heterocycles. The molecule has 0 bridgehead atoms. The summed E-state index contributed by atoms with van der Waals surface area (Å²) in [6, 6.07) is 13.1. The number of aromatic nitrogens is 2. The molecule has 1 aromatic carbocycles. The van der Waals surface area contributed by atoms with E-state index in [4.69, 9.17) is 16.3 Å². The zero-order valence-electron chi connectivity index (χ0n) is 17.2. The second kappa shape index (κ2) is 10.4. The highest BCUT2D eigenvalue weighted by Gasteiger charge is 2.23. The van der Waals surface area contributed by atoms with Crippen LogP contribution in [0.2, 0.25) is 5.15 Å². The molecule has 1 N–H and O–H groups in total. The van der Waals surface area contributed by atoms with Gasteiger partial charge in [-0.15, -0.1) is 11.3 Å². The molecule has 1 amide bonds. The van der Waals surface area contributed by atoms with Gasteiger partial charge in [-0.2, -0.15) is 5.10 Å². The number of esters is 1. The van der Waals surface area contributed by atoms with E-state index < -0.39 is 5.97 Å². The highest BCUT2D eigenvalue weighted by Crippen LogP contribution is 2.23. The summed E-state index contributed by atoms with van der Waals surface area (Å²) in [4.78, 5) is 37.3. The molecule has 7 nitrogen and oxygen atoms in total. The standard InChI is InChI=1S/C22H22ClN3O4S/c1-14-20(21(23)26(25-14)12-16-6-4-3-5-7-16)22(29)30-13-18(28)19-9-8-17(31-19)10-11-24-15(2)27/h3-9H,10-13H2,1-2H3,(H,24,27). The normalized spacial score (nSPS) is 10.7. The molecule has 0 aliphatic carbocycles. The topological polar surface area (TPSA) is 90.3 Å². The van der Waals surface area contributed by atoms with E-state index in [2.05, 4.69) is 10.4 Å². The number of aryl methyl sites for hydroxylation is 1. The maximum Gasteiger partial charge on any atom is 0.343 e. The van der Waals surface area contributed by atoms with E-state index >= 15 is 0 Å². The number of carbonyl (C=O) groups excluding carboxylic acids is 3. The maximum absolute atomic E-state index is 12.5. The van der Waals surface area contributed by atoms with E-state index in [-0.39, 0.29) is 29.0 Å². The van der Waals surface area contributed by atoms with E-state index in [9.17, 15) is 14.4 Å². The van der Waals surface area contributed by atoms with Crippen LogP contribution in [-0.4, -0.2) is 40.6 Å². The van der Waals surface area contributed by atoms with Gasteiger partial charge in [0.1, 0.15) is 10.7 Å². The van der Waals surface area contributed by atoms with Gasteiger partial charge in [-0.05, 0) is 31.0 Å². The Morgan fingerprint density at radius 1 is 1.16 bits per heavy atom. The number of halogens is 1. The van der Waals surface area contributed by atoms with Crippen molar-refractivity contribution in [2.45, 2.75) is 26.8 Å². The molecule has 0 aliphatic heterocycles. The number of rotatable bonds is 9. The van der Waals surface area contributed by atoms with Gasteiger partial charge < -0.3 is 10.1 Å². The number of carbonyl (C=O) groups is 3. The first-order chi connectivity index (χ1) is 14.8. The van der Waals surface area contributed by atoms with Crippen LogP contribution in [-0.2, 0) is 22.5 Å². The summed E-state index contributed by atoms with van der Waals surface area (Å²) in [5.41, 5.74) is 1.59. The predicted octanol–water partition coefficient (Wildman–Crippen LogP) is 3.67. The summed E-state index contributed by atoms with van der Waals surface area (Å²) >= 11 is 7.68. The quantitative estimate of drug-likeness (QED) is 0.389. The molecule has 0 saturated carbocycles. The second-order valence-corrected chi connectivity index (χ2v) is 8.42. The van der Waals surface area contributed by atoms with Gasteiger partial charge in [0.05, 0.1) is 17.1 Å². The average molecular weight is 460 g/mol. The van der Waals surface area contributed by atoms with Gasteiger partial charge in [-0.3, -0.25) is 9.59 Å². The Morgan fingerprint density at radius 2 is 1.90 bits per heavy atom. The molecule has 2 aromatic heterocycles. The highest BCUT2D eigenvalue weighted by molar-refractivity contribution is 7.14. The lowest BCUT2D eigenvalue weighted by Gasteiger charge is -2.05. The average Bonchev–Trinajstić information content (AvgIpc) is 3.31. The SMILES string of the molecule is CC(=O)NCCc1ccc(C(=O)COC(=O)c2c(C)nn(Cc3ccccc3)c2Cl)s1. The first-order valence-corrected chi connectivity index (χ1v) is 10.8. The largest absolute Gasteiger partial charge is 0.454 e. The van der Waals surface area contributed by atoms with E-state index in [0.29, 0.717) is 30.1 Å². The second-order valence-electron chi connectivity index (χ2n) is 6.89. The van der Waals surface area contributed by atoms with Gasteiger partial charge in [0.15, 0.2) is 6.61 Å². The monoisotopic (exact) mass is 459 g/mol. The van der Waals surface area contributed by atoms with Crippen molar-refractivity contribution in [2.24, 2.45) is 0 Å². The summed E-state index contributed by atoms with van der Waals surface area (Å²) in [6.45, 7) is 3.67. The number of benzene rings is 1. The lowest BCUT2D eigenvalue weighted by molar-refractivity contribution is -0.118. The van der Waals surface area contributed by atoms with Crippen LogP contribution in [0.3, 0.4) is 0 Å². The zero-order chi connectivity index (χ0) is 22.4. The molecule has 162 valence electrons. The lowest BCUT2D eigenvalue weighted by Crippen LogP contribution is -2.22. The molecular formula is C22H22ClN3O4S. The van der Waals surface area contributed by atoms with Crippen LogP contribution in [0.15, 0.2) is 42.5 Å². The van der Waals surface area contributed by atoms with Crippen LogP contribution in [0.5, 0.6) is 0 Å². The molecule has 31 heavy (non-hydrogen) atoms. The molecule has 0 atom stereocenters. The molecule has 0 saturated heterocycles. The number of hydrogen-bond acceptors (Lipinski definition) is 6. The fourth-order valence-corrected chi connectivity index (χ4v) is 4.19. The van der Waals surface area contributed by atoms with Crippen LogP contribution in [0.4, 0.5) is 0 Å². The van der Waals surface area contributed by atoms with Gasteiger partial charge >= 0.3 is 5.97 Å². The lowest BCUT2D eigenvalue weighted by atomic mass is 10.2. The molecule has 3 rings (SSSR count). The Hall–Kier alpha value is -2.97. The Bertz CT molecular complexity index is 1090. The van der Waals surface area contributed by atoms with Gasteiger partial charge in [-0.25, -0.2) is 9.48 Å². The van der Waals surface area contributed by atoms with Crippen molar-refractivity contribution in [3.05, 3.63) is 74.2 Å². The summed E-state index contributed by atoms with van der Waals surface area (Å²) in [5.74, 6) is -1.08. The molecule has 0 spiro atoms. The highest BCUT2D eigenvalue weighted by atomic mass is 35.5. The van der Waals surface area contributed by atoms with Crippen LogP contribution in [0.1, 0.15) is 43.1 Å². The Labute approximate surface area is 189 Å². The van der Waals surface area contributed by atoms with Gasteiger partial charge in [0, 0.05) is 18.3 Å². The minimum atomic E-state index is -0.683. The van der Waals surface area contributed by atoms with Crippen LogP contribution < -0.4 is 5.32 Å². The molecule has 0 unspecified atom stereocenters. The number of ketones is 1. The van der Waals surface area contributed by atoms with Crippen molar-refractivity contribution in [1.82, 2.24) is 15.1 Å². The Balaban J connectivity index is 1.59. The van der Waals surface area contributed by atoms with Crippen LogP contribution in [0, 0.1) is 6.92 Å². The predicted molar refractivity (Wildman–Crippen MR) is 119 cm³/mol. The minimum absolute atomic E-state index is 0.0965. The van der Waals surface area contributed by atoms with Crippen molar-refractivity contribution in [1.29, 1.82) is 0 Å². The first-order valence-electron chi connectivity index (χ1n) is 9.65. The third kappa shape index (κ3) is 6.02. The Morgan fingerprint density at radius 3 is 2.61 bits per heavy atom. The number of nitrogens with one attached hydrogen (secondary N) is 1. The molecule has 9 heteroatoms. The molecule has 3 aromatic rings. The summed E-state index contributed by atoms with van der Waals surface area (Å²) < 4.78 is 6.75. The molecule has 0 aliphatic rings. The maximum atomic E-state index is 12.5. The van der Waals surface area contributed by atoms with E-state index in [1.54, 1.807) is 13.0 Å². The van der Waals surface area contributed by atoms with Crippen molar-refractivity contribution in [2.75, 3.05) is 13.2 Å². The van der Waals surface area contributed by atoms with E-state index in [1.165, 1.54) is 22.9 Å². The molecule has 0 radical (unpaired) electrons. The molecule has 0 fully saturated rings. The fraction of sp³-hybridized carbons (Fsp3) is 0.273. The fourth-order valence-electron chi connectivity index (χ4n) is 2.94. The smallest absolute Gasteiger partial charge is 0.343 e. The van der Waals surface area contributed by atoms with Gasteiger partial charge in [0.2, 0.25) is 11.7 Å². The summed E-state index contributed by atoms with van der Waals surface area (Å²) in [7, 11) is 0. The van der Waals surface area contributed by atoms with Gasteiger partial charge in [-0.1, -0.05) is 41.9 Å². The number of thiophene rings is 1. The van der Waals surface area contributed by atoms with Crippen molar-refractivity contribution >= 4 is 40.6 Å². The number of Topliss-reactive ketones (excluding diaryl/α,β-unsaturated/α-hetero) is 1. The number of ether oxygens (including phenoxy) is 1. The third-order valence-electron chi connectivity index (χ3n) is 4.46. The zero-order valence-corrected chi connectivity index (χ0v) is 18.8. The van der Waals surface area contributed by atoms with E-state index in [0.717, 1.165) is 10.4 Å². The van der Waals surface area contributed by atoms with Crippen LogP contribution in [0.25, 0.3) is 0 Å². The number of hydrogen-bond donors (Lipinski definition) is 1. The third-order valence-corrected chi connectivity index (χ3v) is 6.03. The first kappa shape index (κ1) is 22.7. The Kier molecular flexibility index (Phi) is 7.59. The number of nitrogens with zero attached hydrogens (tertiary/aromatic N) is 2. The minimum Gasteiger partial charge on any atom is -0.454 e. The van der Waals surface area contributed by atoms with Crippen molar-refractivity contribution < 1.29 is 19.1 Å². The molecular weight excluding hydrogens is 438 g/mol. The van der Waals surface area contributed by atoms with Crippen LogP contribution >= 0.6 is 22.9 Å². The van der Waals surface area contributed by atoms with E-state index in [1.807, 2.05) is 36.4 Å². The van der Waals surface area contributed by atoms with Crippen molar-refractivity contribution in [3.8, 4) is 0 Å².